The van der Waals surface area contributed by atoms with Crippen molar-refractivity contribution >= 4 is 0 Å². The van der Waals surface area contributed by atoms with Crippen LogP contribution in [0.2, 0.25) is 0 Å². The van der Waals surface area contributed by atoms with E-state index < -0.39 is 0 Å². The molecule has 4 nitrogen and oxygen atoms in total. The third-order valence-electron chi connectivity index (χ3n) is 3.32. The minimum absolute atomic E-state index is 0.0922. The van der Waals surface area contributed by atoms with Gasteiger partial charge in [-0.1, -0.05) is 6.07 Å². The number of nitriles is 1. The summed E-state index contributed by atoms with van der Waals surface area (Å²) >= 11 is 0. The highest BCUT2D eigenvalue weighted by Gasteiger charge is 2.16. The van der Waals surface area contributed by atoms with Gasteiger partial charge < -0.3 is 14.8 Å². The van der Waals surface area contributed by atoms with E-state index >= 15 is 0 Å². The maximum Gasteiger partial charge on any atom is 0.135 e. The molecule has 0 aliphatic heterocycles. The van der Waals surface area contributed by atoms with Gasteiger partial charge in [-0.25, -0.2) is 0 Å². The van der Waals surface area contributed by atoms with Gasteiger partial charge in [-0.15, -0.1) is 0 Å². The molecule has 0 spiro atoms. The van der Waals surface area contributed by atoms with Crippen molar-refractivity contribution in [2.45, 2.75) is 13.0 Å². The second-order valence-corrected chi connectivity index (χ2v) is 4.62. The molecule has 21 heavy (non-hydrogen) atoms. The summed E-state index contributed by atoms with van der Waals surface area (Å²) in [6.07, 6.45) is 0. The normalized spacial score (nSPS) is 11.5. The van der Waals surface area contributed by atoms with E-state index in [-0.39, 0.29) is 6.04 Å². The lowest BCUT2D eigenvalue weighted by atomic mass is 10.1. The summed E-state index contributed by atoms with van der Waals surface area (Å²) in [5, 5.41) is 12.0. The third kappa shape index (κ3) is 3.33. The van der Waals surface area contributed by atoms with Gasteiger partial charge in [0.1, 0.15) is 17.2 Å². The van der Waals surface area contributed by atoms with Crippen LogP contribution in [0.25, 0.3) is 0 Å². The monoisotopic (exact) mass is 282 g/mol. The molecular weight excluding hydrogens is 264 g/mol. The van der Waals surface area contributed by atoms with Crippen molar-refractivity contribution in [3.63, 3.8) is 0 Å². The summed E-state index contributed by atoms with van der Waals surface area (Å²) in [5.41, 5.74) is 1.57. The van der Waals surface area contributed by atoms with Crippen LogP contribution in [0.1, 0.15) is 24.1 Å². The van der Waals surface area contributed by atoms with Crippen molar-refractivity contribution in [2.75, 3.05) is 14.2 Å². The first-order valence-electron chi connectivity index (χ1n) is 6.71. The molecule has 0 aliphatic rings. The average molecular weight is 282 g/mol. The minimum Gasteiger partial charge on any atom is -0.496 e. The van der Waals surface area contributed by atoms with E-state index in [2.05, 4.69) is 11.4 Å². The Kier molecular flexibility index (Phi) is 4.81. The lowest BCUT2D eigenvalue weighted by Crippen LogP contribution is -2.14. The zero-order chi connectivity index (χ0) is 15.2. The number of ether oxygens (including phenoxy) is 2. The van der Waals surface area contributed by atoms with Gasteiger partial charge in [0, 0.05) is 6.04 Å². The first-order valence-corrected chi connectivity index (χ1v) is 6.71. The molecule has 1 unspecified atom stereocenters. The van der Waals surface area contributed by atoms with Crippen molar-refractivity contribution in [2.24, 2.45) is 0 Å². The van der Waals surface area contributed by atoms with Gasteiger partial charge in [-0.05, 0) is 50.4 Å². The third-order valence-corrected chi connectivity index (χ3v) is 3.32. The van der Waals surface area contributed by atoms with E-state index in [1.165, 1.54) is 0 Å². The van der Waals surface area contributed by atoms with Gasteiger partial charge in [0.25, 0.3) is 0 Å². The standard InChI is InChI=1S/C17H18N2O2/c1-12(19-2)17-15(20-3)5-4-6-16(17)21-14-9-7-13(11-18)8-10-14/h4-10,12,19H,1-3H3. The lowest BCUT2D eigenvalue weighted by molar-refractivity contribution is 0.393. The van der Waals surface area contributed by atoms with E-state index in [4.69, 9.17) is 14.7 Å². The van der Waals surface area contributed by atoms with Crippen molar-refractivity contribution in [3.8, 4) is 23.3 Å². The molecule has 0 saturated carbocycles. The van der Waals surface area contributed by atoms with Crippen LogP contribution < -0.4 is 14.8 Å². The Hall–Kier alpha value is -2.51. The minimum atomic E-state index is 0.0922. The molecule has 1 atom stereocenters. The number of hydrogen-bond acceptors (Lipinski definition) is 4. The number of nitrogens with one attached hydrogen (secondary N) is 1. The lowest BCUT2D eigenvalue weighted by Gasteiger charge is -2.19. The van der Waals surface area contributed by atoms with Crippen LogP contribution in [0.5, 0.6) is 17.2 Å². The Labute approximate surface area is 124 Å². The first-order chi connectivity index (χ1) is 10.2. The highest BCUT2D eigenvalue weighted by molar-refractivity contribution is 5.49. The summed E-state index contributed by atoms with van der Waals surface area (Å²) in [4.78, 5) is 0. The molecule has 0 bridgehead atoms. The number of methoxy groups -OCH3 is 1. The quantitative estimate of drug-likeness (QED) is 0.909. The van der Waals surface area contributed by atoms with E-state index in [0.29, 0.717) is 11.3 Å². The zero-order valence-electron chi connectivity index (χ0n) is 12.4. The molecular formula is C17H18N2O2. The van der Waals surface area contributed by atoms with Crippen molar-refractivity contribution in [1.29, 1.82) is 5.26 Å². The number of benzene rings is 2. The van der Waals surface area contributed by atoms with Gasteiger partial charge >= 0.3 is 0 Å². The molecule has 108 valence electrons. The van der Waals surface area contributed by atoms with Crippen molar-refractivity contribution in [3.05, 3.63) is 53.6 Å². The zero-order valence-corrected chi connectivity index (χ0v) is 12.4. The Morgan fingerprint density at radius 3 is 2.33 bits per heavy atom. The van der Waals surface area contributed by atoms with Crippen LogP contribution in [-0.4, -0.2) is 14.2 Å². The van der Waals surface area contributed by atoms with Gasteiger partial charge in [0.05, 0.1) is 24.3 Å². The molecule has 1 N–H and O–H groups in total. The molecule has 2 aromatic rings. The van der Waals surface area contributed by atoms with Crippen LogP contribution in [0, 0.1) is 11.3 Å². The fourth-order valence-electron chi connectivity index (χ4n) is 2.09. The Morgan fingerprint density at radius 2 is 1.76 bits per heavy atom. The van der Waals surface area contributed by atoms with E-state index in [9.17, 15) is 0 Å². The maximum absolute atomic E-state index is 8.82. The fraction of sp³-hybridized carbons (Fsp3) is 0.235. The number of hydrogen-bond donors (Lipinski definition) is 1. The summed E-state index contributed by atoms with van der Waals surface area (Å²) < 4.78 is 11.4. The van der Waals surface area contributed by atoms with Crippen LogP contribution >= 0.6 is 0 Å². The predicted molar refractivity (Wildman–Crippen MR) is 81.7 cm³/mol. The summed E-state index contributed by atoms with van der Waals surface area (Å²) in [7, 11) is 3.54. The van der Waals surface area contributed by atoms with E-state index in [1.807, 2.05) is 32.2 Å². The van der Waals surface area contributed by atoms with E-state index in [1.54, 1.807) is 31.4 Å². The summed E-state index contributed by atoms with van der Waals surface area (Å²) in [5.74, 6) is 2.20. The van der Waals surface area contributed by atoms with Crippen molar-refractivity contribution < 1.29 is 9.47 Å². The molecule has 2 aromatic carbocycles. The summed E-state index contributed by atoms with van der Waals surface area (Å²) in [6, 6.07) is 14.9. The summed E-state index contributed by atoms with van der Waals surface area (Å²) in [6.45, 7) is 2.05. The van der Waals surface area contributed by atoms with Crippen LogP contribution in [-0.2, 0) is 0 Å². The molecule has 4 heteroatoms. The van der Waals surface area contributed by atoms with Crippen molar-refractivity contribution in [1.82, 2.24) is 5.32 Å². The Morgan fingerprint density at radius 1 is 1.10 bits per heavy atom. The van der Waals surface area contributed by atoms with Crippen LogP contribution in [0.3, 0.4) is 0 Å². The highest BCUT2D eigenvalue weighted by atomic mass is 16.5. The second-order valence-electron chi connectivity index (χ2n) is 4.62. The van der Waals surface area contributed by atoms with Gasteiger partial charge in [0.2, 0.25) is 0 Å². The van der Waals surface area contributed by atoms with Gasteiger partial charge in [-0.2, -0.15) is 5.26 Å². The molecule has 0 fully saturated rings. The molecule has 0 aromatic heterocycles. The first kappa shape index (κ1) is 14.9. The van der Waals surface area contributed by atoms with Gasteiger partial charge in [-0.3, -0.25) is 0 Å². The molecule has 0 radical (unpaired) electrons. The highest BCUT2D eigenvalue weighted by Crippen LogP contribution is 2.36. The fourth-order valence-corrected chi connectivity index (χ4v) is 2.09. The largest absolute Gasteiger partial charge is 0.496 e. The SMILES string of the molecule is CNC(C)c1c(OC)cccc1Oc1ccc(C#N)cc1. The maximum atomic E-state index is 8.82. The van der Waals surface area contributed by atoms with Crippen LogP contribution in [0.4, 0.5) is 0 Å². The Bertz CT molecular complexity index is 645. The van der Waals surface area contributed by atoms with E-state index in [0.717, 1.165) is 17.1 Å². The number of nitrogens with zero attached hydrogens (tertiary/aromatic N) is 1. The van der Waals surface area contributed by atoms with Gasteiger partial charge in [0.15, 0.2) is 0 Å². The molecule has 0 saturated heterocycles. The van der Waals surface area contributed by atoms with Crippen LogP contribution in [0.15, 0.2) is 42.5 Å². The number of rotatable bonds is 5. The second kappa shape index (κ2) is 6.78. The average Bonchev–Trinajstić information content (AvgIpc) is 2.54. The molecule has 0 amide bonds. The topological polar surface area (TPSA) is 54.3 Å². The molecule has 0 heterocycles. The Balaban J connectivity index is 2.36. The molecule has 0 aliphatic carbocycles. The predicted octanol–water partition coefficient (Wildman–Crippen LogP) is 3.64. The molecule has 2 rings (SSSR count). The smallest absolute Gasteiger partial charge is 0.135 e.